The van der Waals surface area contributed by atoms with Gasteiger partial charge in [-0.3, -0.25) is 4.79 Å². The van der Waals surface area contributed by atoms with Crippen LogP contribution in [0.2, 0.25) is 5.02 Å². The number of amides is 3. The van der Waals surface area contributed by atoms with Crippen molar-refractivity contribution in [3.63, 3.8) is 0 Å². The largest absolute Gasteiger partial charge is 0.357 e. The van der Waals surface area contributed by atoms with E-state index in [1.165, 1.54) is 4.90 Å². The maximum atomic E-state index is 12.3. The van der Waals surface area contributed by atoms with E-state index in [1.54, 1.807) is 31.3 Å². The average Bonchev–Trinajstić information content (AvgIpc) is 2.48. The van der Waals surface area contributed by atoms with Crippen molar-refractivity contribution in [3.05, 3.63) is 29.3 Å². The van der Waals surface area contributed by atoms with Gasteiger partial charge in [-0.25, -0.2) is 4.79 Å². The van der Waals surface area contributed by atoms with Gasteiger partial charge in [0.2, 0.25) is 5.91 Å². The molecule has 2 rings (SSSR count). The van der Waals surface area contributed by atoms with E-state index in [2.05, 4.69) is 16.0 Å². The van der Waals surface area contributed by atoms with Crippen LogP contribution in [-0.4, -0.2) is 49.6 Å². The number of halogens is 1. The number of anilines is 1. The normalized spacial score (nSPS) is 18.5. The lowest BCUT2D eigenvalue weighted by Crippen LogP contribution is -2.60. The van der Waals surface area contributed by atoms with Gasteiger partial charge in [0, 0.05) is 26.7 Å². The standard InChI is InChI=1S/C13H17ClN4O2/c1-15-12(19)11-8-16-6-7-18(11)13(20)17-10-5-3-2-4-9(10)14/h2-5,11,16H,6-8H2,1H3,(H,15,19)(H,17,20). The molecule has 3 N–H and O–H groups in total. The lowest BCUT2D eigenvalue weighted by molar-refractivity contribution is -0.125. The fourth-order valence-electron chi connectivity index (χ4n) is 2.10. The Morgan fingerprint density at radius 3 is 2.85 bits per heavy atom. The van der Waals surface area contributed by atoms with Crippen molar-refractivity contribution < 1.29 is 9.59 Å². The molecule has 1 heterocycles. The fraction of sp³-hybridized carbons (Fsp3) is 0.385. The minimum atomic E-state index is -0.517. The quantitative estimate of drug-likeness (QED) is 0.759. The Kier molecular flexibility index (Phi) is 4.81. The summed E-state index contributed by atoms with van der Waals surface area (Å²) in [5, 5.41) is 8.87. The number of hydrogen-bond acceptors (Lipinski definition) is 3. The Bertz CT molecular complexity index is 509. The van der Waals surface area contributed by atoms with E-state index in [-0.39, 0.29) is 11.9 Å². The molecule has 0 spiro atoms. The van der Waals surface area contributed by atoms with E-state index in [4.69, 9.17) is 11.6 Å². The third kappa shape index (κ3) is 3.20. The number of nitrogens with zero attached hydrogens (tertiary/aromatic N) is 1. The second kappa shape index (κ2) is 6.58. The number of benzene rings is 1. The van der Waals surface area contributed by atoms with Crippen molar-refractivity contribution in [1.29, 1.82) is 0 Å². The van der Waals surface area contributed by atoms with E-state index in [9.17, 15) is 9.59 Å². The minimum absolute atomic E-state index is 0.188. The highest BCUT2D eigenvalue weighted by atomic mass is 35.5. The SMILES string of the molecule is CNC(=O)C1CNCCN1C(=O)Nc1ccccc1Cl. The number of hydrogen-bond donors (Lipinski definition) is 3. The van der Waals surface area contributed by atoms with Crippen LogP contribution in [0, 0.1) is 0 Å². The van der Waals surface area contributed by atoms with Gasteiger partial charge in [0.25, 0.3) is 0 Å². The molecule has 1 saturated heterocycles. The first-order chi connectivity index (χ1) is 9.63. The molecule has 108 valence electrons. The number of piperazine rings is 1. The summed E-state index contributed by atoms with van der Waals surface area (Å²) in [7, 11) is 1.56. The number of rotatable bonds is 2. The molecule has 0 bridgehead atoms. The van der Waals surface area contributed by atoms with Gasteiger partial charge < -0.3 is 20.9 Å². The molecule has 1 aliphatic rings. The van der Waals surface area contributed by atoms with Crippen LogP contribution in [0.4, 0.5) is 10.5 Å². The van der Waals surface area contributed by atoms with Crippen molar-refractivity contribution in [2.75, 3.05) is 32.0 Å². The van der Waals surface area contributed by atoms with Crippen molar-refractivity contribution in [2.24, 2.45) is 0 Å². The first-order valence-corrected chi connectivity index (χ1v) is 6.75. The predicted molar refractivity (Wildman–Crippen MR) is 77.9 cm³/mol. The molecule has 0 aliphatic carbocycles. The molecule has 1 aromatic carbocycles. The molecule has 1 fully saturated rings. The highest BCUT2D eigenvalue weighted by Crippen LogP contribution is 2.21. The fourth-order valence-corrected chi connectivity index (χ4v) is 2.28. The number of carbonyl (C=O) groups is 2. The third-order valence-electron chi connectivity index (χ3n) is 3.17. The van der Waals surface area contributed by atoms with Gasteiger partial charge in [-0.2, -0.15) is 0 Å². The number of urea groups is 1. The molecular weight excluding hydrogens is 280 g/mol. The Balaban J connectivity index is 2.10. The second-order valence-corrected chi connectivity index (χ2v) is 4.84. The molecule has 3 amide bonds. The van der Waals surface area contributed by atoms with Gasteiger partial charge >= 0.3 is 6.03 Å². The molecule has 6 nitrogen and oxygen atoms in total. The maximum absolute atomic E-state index is 12.3. The third-order valence-corrected chi connectivity index (χ3v) is 3.50. The Hall–Kier alpha value is -1.79. The summed E-state index contributed by atoms with van der Waals surface area (Å²) in [6, 6.07) is 6.15. The lowest BCUT2D eigenvalue weighted by atomic mass is 10.2. The van der Waals surface area contributed by atoms with Crippen molar-refractivity contribution >= 4 is 29.2 Å². The van der Waals surface area contributed by atoms with Gasteiger partial charge in [-0.15, -0.1) is 0 Å². The average molecular weight is 297 g/mol. The van der Waals surface area contributed by atoms with E-state index in [0.29, 0.717) is 30.3 Å². The van der Waals surface area contributed by atoms with Gasteiger partial charge in [0.05, 0.1) is 10.7 Å². The van der Waals surface area contributed by atoms with E-state index >= 15 is 0 Å². The molecule has 7 heteroatoms. The van der Waals surface area contributed by atoms with Gasteiger partial charge in [0.1, 0.15) is 6.04 Å². The highest BCUT2D eigenvalue weighted by Gasteiger charge is 2.31. The molecule has 20 heavy (non-hydrogen) atoms. The van der Waals surface area contributed by atoms with Crippen LogP contribution in [0.3, 0.4) is 0 Å². The van der Waals surface area contributed by atoms with Crippen molar-refractivity contribution in [3.8, 4) is 0 Å². The van der Waals surface area contributed by atoms with Crippen LogP contribution < -0.4 is 16.0 Å². The van der Waals surface area contributed by atoms with E-state index in [0.717, 1.165) is 0 Å². The number of carbonyl (C=O) groups excluding carboxylic acids is 2. The zero-order valence-corrected chi connectivity index (χ0v) is 11.9. The van der Waals surface area contributed by atoms with Crippen LogP contribution in [0.15, 0.2) is 24.3 Å². The number of likely N-dealkylation sites (N-methyl/N-ethyl adjacent to an activating group) is 1. The summed E-state index contributed by atoms with van der Waals surface area (Å²) >= 11 is 6.01. The summed E-state index contributed by atoms with van der Waals surface area (Å²) in [6.45, 7) is 1.56. The zero-order valence-electron chi connectivity index (χ0n) is 11.1. The zero-order chi connectivity index (χ0) is 14.5. The highest BCUT2D eigenvalue weighted by molar-refractivity contribution is 6.33. The Morgan fingerprint density at radius 1 is 1.40 bits per heavy atom. The topological polar surface area (TPSA) is 73.5 Å². The van der Waals surface area contributed by atoms with Gasteiger partial charge in [-0.1, -0.05) is 23.7 Å². The monoisotopic (exact) mass is 296 g/mol. The summed E-state index contributed by atoms with van der Waals surface area (Å²) in [5.41, 5.74) is 0.536. The van der Waals surface area contributed by atoms with Crippen LogP contribution >= 0.6 is 11.6 Å². The molecule has 0 radical (unpaired) electrons. The molecule has 0 aromatic heterocycles. The summed E-state index contributed by atoms with van der Waals surface area (Å²) in [6.07, 6.45) is 0. The predicted octanol–water partition coefficient (Wildman–Crippen LogP) is 0.892. The number of nitrogens with one attached hydrogen (secondary N) is 3. The Labute approximate surface area is 122 Å². The summed E-state index contributed by atoms with van der Waals surface area (Å²) < 4.78 is 0. The lowest BCUT2D eigenvalue weighted by Gasteiger charge is -2.34. The summed E-state index contributed by atoms with van der Waals surface area (Å²) in [5.74, 6) is -0.188. The first kappa shape index (κ1) is 14.6. The van der Waals surface area contributed by atoms with Crippen LogP contribution in [0.5, 0.6) is 0 Å². The van der Waals surface area contributed by atoms with E-state index in [1.807, 2.05) is 0 Å². The minimum Gasteiger partial charge on any atom is -0.357 e. The molecular formula is C13H17ClN4O2. The Morgan fingerprint density at radius 2 is 2.15 bits per heavy atom. The van der Waals surface area contributed by atoms with E-state index < -0.39 is 6.04 Å². The summed E-state index contributed by atoms with van der Waals surface area (Å²) in [4.78, 5) is 25.6. The van der Waals surface area contributed by atoms with Crippen LogP contribution in [0.1, 0.15) is 0 Å². The van der Waals surface area contributed by atoms with Crippen molar-refractivity contribution in [1.82, 2.24) is 15.5 Å². The molecule has 1 atom stereocenters. The second-order valence-electron chi connectivity index (χ2n) is 4.44. The van der Waals surface area contributed by atoms with Crippen molar-refractivity contribution in [2.45, 2.75) is 6.04 Å². The smallest absolute Gasteiger partial charge is 0.322 e. The van der Waals surface area contributed by atoms with Crippen LogP contribution in [-0.2, 0) is 4.79 Å². The number of para-hydroxylation sites is 1. The molecule has 1 aromatic rings. The first-order valence-electron chi connectivity index (χ1n) is 6.38. The molecule has 0 saturated carbocycles. The molecule has 1 unspecified atom stereocenters. The van der Waals surface area contributed by atoms with Gasteiger partial charge in [-0.05, 0) is 12.1 Å². The van der Waals surface area contributed by atoms with Gasteiger partial charge in [0.15, 0.2) is 0 Å². The molecule has 1 aliphatic heterocycles. The maximum Gasteiger partial charge on any atom is 0.322 e. The van der Waals surface area contributed by atoms with Crippen LogP contribution in [0.25, 0.3) is 0 Å².